The first-order valence-corrected chi connectivity index (χ1v) is 7.45. The van der Waals surface area contributed by atoms with Crippen LogP contribution in [0.5, 0.6) is 0 Å². The molecule has 2 aliphatic heterocycles. The first-order valence-electron chi connectivity index (χ1n) is 7.45. The third-order valence-electron chi connectivity index (χ3n) is 4.56. The van der Waals surface area contributed by atoms with Crippen molar-refractivity contribution in [2.75, 3.05) is 0 Å². The first-order chi connectivity index (χ1) is 10.4. The number of rotatable bonds is 4. The van der Waals surface area contributed by atoms with Gasteiger partial charge in [-0.05, 0) is 30.5 Å². The minimum Gasteiger partial charge on any atom is -0.350 e. The van der Waals surface area contributed by atoms with Crippen molar-refractivity contribution < 1.29 is 0 Å². The van der Waals surface area contributed by atoms with Crippen molar-refractivity contribution in [3.05, 3.63) is 42.5 Å². The molecule has 0 saturated heterocycles. The molecule has 1 fully saturated rings. The van der Waals surface area contributed by atoms with Gasteiger partial charge in [0.25, 0.3) is 0 Å². The summed E-state index contributed by atoms with van der Waals surface area (Å²) < 4.78 is 2.00. The normalized spacial score (nSPS) is 27.7. The number of nitrogens with one attached hydrogen (secondary N) is 1. The quantitative estimate of drug-likeness (QED) is 0.920. The van der Waals surface area contributed by atoms with Crippen molar-refractivity contribution in [2.24, 2.45) is 16.8 Å². The lowest BCUT2D eigenvalue weighted by Gasteiger charge is -2.21. The highest BCUT2D eigenvalue weighted by Crippen LogP contribution is 2.42. The molecule has 0 bridgehead atoms. The van der Waals surface area contributed by atoms with Gasteiger partial charge in [-0.1, -0.05) is 12.2 Å². The molecule has 3 unspecified atom stereocenters. The fourth-order valence-electron chi connectivity index (χ4n) is 3.25. The van der Waals surface area contributed by atoms with Crippen LogP contribution in [0.3, 0.4) is 0 Å². The number of aromatic nitrogens is 2. The van der Waals surface area contributed by atoms with E-state index in [0.717, 1.165) is 5.84 Å². The summed E-state index contributed by atoms with van der Waals surface area (Å²) in [5.74, 6) is 2.19. The Morgan fingerprint density at radius 1 is 1.38 bits per heavy atom. The summed E-state index contributed by atoms with van der Waals surface area (Å²) >= 11 is 0. The van der Waals surface area contributed by atoms with Crippen LogP contribution in [0, 0.1) is 23.2 Å². The Kier molecular flexibility index (Phi) is 2.88. The molecule has 21 heavy (non-hydrogen) atoms. The van der Waals surface area contributed by atoms with Crippen molar-refractivity contribution >= 4 is 5.84 Å². The molecule has 3 aliphatic rings. The second kappa shape index (κ2) is 4.88. The second-order valence-electron chi connectivity index (χ2n) is 5.93. The maximum Gasteiger partial charge on any atom is 0.113 e. The number of hydrogen-bond acceptors (Lipinski definition) is 4. The molecule has 0 spiro atoms. The SMILES string of the molecule is N#CCC(C1CC1)n1cc(C2C=CN=C3NC=CC32)cn1. The molecule has 1 aromatic heterocycles. The topological polar surface area (TPSA) is 66.0 Å². The number of nitrogens with zero attached hydrogens (tertiary/aromatic N) is 4. The molecule has 1 N–H and O–H groups in total. The molecule has 1 saturated carbocycles. The van der Waals surface area contributed by atoms with Crippen LogP contribution in [0.15, 0.2) is 41.9 Å². The molecule has 5 nitrogen and oxygen atoms in total. The molecule has 0 aromatic carbocycles. The summed E-state index contributed by atoms with van der Waals surface area (Å²) in [5.41, 5.74) is 1.19. The van der Waals surface area contributed by atoms with Gasteiger partial charge in [0.05, 0.1) is 24.7 Å². The van der Waals surface area contributed by atoms with Crippen LogP contribution in [0.25, 0.3) is 0 Å². The highest BCUT2D eigenvalue weighted by Gasteiger charge is 2.34. The Balaban J connectivity index is 1.59. The van der Waals surface area contributed by atoms with E-state index in [2.05, 4.69) is 39.8 Å². The third-order valence-corrected chi connectivity index (χ3v) is 4.56. The predicted molar refractivity (Wildman–Crippen MR) is 79.3 cm³/mol. The molecule has 3 atom stereocenters. The van der Waals surface area contributed by atoms with Crippen LogP contribution in [0.2, 0.25) is 0 Å². The molecule has 5 heteroatoms. The number of amidine groups is 1. The molecule has 1 aliphatic carbocycles. The van der Waals surface area contributed by atoms with Crippen LogP contribution in [0.4, 0.5) is 0 Å². The van der Waals surface area contributed by atoms with Crippen LogP contribution < -0.4 is 5.32 Å². The highest BCUT2D eigenvalue weighted by atomic mass is 15.3. The van der Waals surface area contributed by atoms with Crippen LogP contribution in [-0.2, 0) is 0 Å². The molecule has 0 amide bonds. The fraction of sp³-hybridized carbons (Fsp3) is 0.438. The van der Waals surface area contributed by atoms with E-state index in [-0.39, 0.29) is 17.9 Å². The standard InChI is InChI=1S/C16H17N5/c17-6-3-15(11-1-2-11)21-10-12(9-20-21)13-4-7-18-16-14(13)5-8-19-16/h4-5,7-11,13-15H,1-3H2,(H,18,19). The number of fused-ring (bicyclic) bond motifs is 1. The van der Waals surface area contributed by atoms with E-state index in [4.69, 9.17) is 5.26 Å². The van der Waals surface area contributed by atoms with Gasteiger partial charge >= 0.3 is 0 Å². The van der Waals surface area contributed by atoms with E-state index in [1.807, 2.05) is 23.3 Å². The summed E-state index contributed by atoms with van der Waals surface area (Å²) in [6.45, 7) is 0. The molecule has 3 heterocycles. The highest BCUT2D eigenvalue weighted by molar-refractivity contribution is 5.91. The maximum absolute atomic E-state index is 9.02. The number of nitriles is 1. The summed E-state index contributed by atoms with van der Waals surface area (Å²) in [6.07, 6.45) is 15.1. The lowest BCUT2D eigenvalue weighted by molar-refractivity contribution is 0.412. The van der Waals surface area contributed by atoms with E-state index in [1.165, 1.54) is 18.4 Å². The summed E-state index contributed by atoms with van der Waals surface area (Å²) in [5, 5.41) is 16.7. The maximum atomic E-state index is 9.02. The summed E-state index contributed by atoms with van der Waals surface area (Å²) in [7, 11) is 0. The number of hydrogen-bond donors (Lipinski definition) is 1. The van der Waals surface area contributed by atoms with Gasteiger partial charge in [-0.25, -0.2) is 4.99 Å². The Bertz CT molecular complexity index is 671. The molecular weight excluding hydrogens is 262 g/mol. The second-order valence-corrected chi connectivity index (χ2v) is 5.93. The van der Waals surface area contributed by atoms with E-state index in [0.29, 0.717) is 12.3 Å². The number of aliphatic imine (C=N–C) groups is 1. The minimum absolute atomic E-state index is 0.238. The van der Waals surface area contributed by atoms with Gasteiger partial charge in [0.15, 0.2) is 0 Å². The summed E-state index contributed by atoms with van der Waals surface area (Å²) in [4.78, 5) is 4.37. The zero-order valence-electron chi connectivity index (χ0n) is 11.7. The average molecular weight is 279 g/mol. The number of allylic oxidation sites excluding steroid dienone is 1. The van der Waals surface area contributed by atoms with Gasteiger partial charge in [-0.2, -0.15) is 10.4 Å². The van der Waals surface area contributed by atoms with Gasteiger partial charge in [-0.15, -0.1) is 0 Å². The average Bonchev–Trinajstić information content (AvgIpc) is 3.02. The van der Waals surface area contributed by atoms with Crippen LogP contribution in [0.1, 0.15) is 36.8 Å². The van der Waals surface area contributed by atoms with Crippen molar-refractivity contribution in [3.63, 3.8) is 0 Å². The lowest BCUT2D eigenvalue weighted by Crippen LogP contribution is -2.25. The molecule has 1 aromatic rings. The van der Waals surface area contributed by atoms with Crippen LogP contribution >= 0.6 is 0 Å². The predicted octanol–water partition coefficient (Wildman–Crippen LogP) is 2.49. The minimum atomic E-state index is 0.238. The molecule has 0 radical (unpaired) electrons. The Hall–Kier alpha value is -2.35. The zero-order valence-corrected chi connectivity index (χ0v) is 11.7. The Labute approximate surface area is 123 Å². The smallest absolute Gasteiger partial charge is 0.113 e. The third kappa shape index (κ3) is 2.17. The van der Waals surface area contributed by atoms with Gasteiger partial charge < -0.3 is 5.32 Å². The molecule has 4 rings (SSSR count). The van der Waals surface area contributed by atoms with E-state index in [9.17, 15) is 0 Å². The van der Waals surface area contributed by atoms with Crippen molar-refractivity contribution in [1.29, 1.82) is 5.26 Å². The Morgan fingerprint density at radius 3 is 3.10 bits per heavy atom. The van der Waals surface area contributed by atoms with Crippen molar-refractivity contribution in [3.8, 4) is 6.07 Å². The lowest BCUT2D eigenvalue weighted by atomic mass is 9.86. The van der Waals surface area contributed by atoms with Crippen molar-refractivity contribution in [2.45, 2.75) is 31.2 Å². The Morgan fingerprint density at radius 2 is 2.29 bits per heavy atom. The molecular formula is C16H17N5. The van der Waals surface area contributed by atoms with Gasteiger partial charge in [0.2, 0.25) is 0 Å². The van der Waals surface area contributed by atoms with Gasteiger partial charge in [0.1, 0.15) is 5.84 Å². The largest absolute Gasteiger partial charge is 0.350 e. The van der Waals surface area contributed by atoms with E-state index < -0.39 is 0 Å². The van der Waals surface area contributed by atoms with E-state index >= 15 is 0 Å². The van der Waals surface area contributed by atoms with Gasteiger partial charge in [-0.3, -0.25) is 4.68 Å². The summed E-state index contributed by atoms with van der Waals surface area (Å²) in [6, 6.07) is 2.54. The molecule has 106 valence electrons. The van der Waals surface area contributed by atoms with Crippen molar-refractivity contribution in [1.82, 2.24) is 15.1 Å². The first kappa shape index (κ1) is 12.4. The fourth-order valence-corrected chi connectivity index (χ4v) is 3.25. The van der Waals surface area contributed by atoms with Gasteiger partial charge in [0, 0.05) is 24.2 Å². The van der Waals surface area contributed by atoms with Crippen LogP contribution in [-0.4, -0.2) is 15.6 Å². The zero-order chi connectivity index (χ0) is 14.2. The van der Waals surface area contributed by atoms with E-state index in [1.54, 1.807) is 0 Å². The monoisotopic (exact) mass is 279 g/mol.